The van der Waals surface area contributed by atoms with Gasteiger partial charge in [0.1, 0.15) is 0 Å². The Labute approximate surface area is 114 Å². The van der Waals surface area contributed by atoms with E-state index in [9.17, 15) is 0 Å². The van der Waals surface area contributed by atoms with Crippen molar-refractivity contribution in [1.29, 1.82) is 0 Å². The van der Waals surface area contributed by atoms with E-state index in [4.69, 9.17) is 17.3 Å². The van der Waals surface area contributed by atoms with Gasteiger partial charge in [-0.3, -0.25) is 0 Å². The molecule has 0 aliphatic carbocycles. The highest BCUT2D eigenvalue weighted by Gasteiger charge is 2.25. The van der Waals surface area contributed by atoms with Gasteiger partial charge in [-0.2, -0.15) is 0 Å². The minimum Gasteiger partial charge on any atom is -0.330 e. The Kier molecular flexibility index (Phi) is 4.05. The third-order valence-corrected chi connectivity index (χ3v) is 3.64. The Balaban J connectivity index is 2.31. The Morgan fingerprint density at radius 3 is 2.39 bits per heavy atom. The molecule has 1 unspecified atom stereocenters. The molecule has 0 radical (unpaired) electrons. The second kappa shape index (κ2) is 5.55. The third kappa shape index (κ3) is 2.92. The summed E-state index contributed by atoms with van der Waals surface area (Å²) in [6, 6.07) is 18.4. The molecule has 2 aromatic carbocycles. The maximum atomic E-state index is 6.07. The van der Waals surface area contributed by atoms with Crippen molar-refractivity contribution in [2.24, 2.45) is 5.73 Å². The maximum absolute atomic E-state index is 6.07. The number of hydrogen-bond acceptors (Lipinski definition) is 1. The molecule has 0 aliphatic heterocycles. The van der Waals surface area contributed by atoms with Crippen LogP contribution in [0.25, 0.3) is 0 Å². The summed E-state index contributed by atoms with van der Waals surface area (Å²) in [6.45, 7) is 2.79. The van der Waals surface area contributed by atoms with E-state index in [-0.39, 0.29) is 5.41 Å². The summed E-state index contributed by atoms with van der Waals surface area (Å²) in [5, 5.41) is 0.764. The van der Waals surface area contributed by atoms with E-state index in [1.165, 1.54) is 11.1 Å². The predicted molar refractivity (Wildman–Crippen MR) is 78.0 cm³/mol. The van der Waals surface area contributed by atoms with Crippen molar-refractivity contribution in [2.45, 2.75) is 18.8 Å². The third-order valence-electron chi connectivity index (χ3n) is 3.41. The van der Waals surface area contributed by atoms with Crippen molar-refractivity contribution in [2.75, 3.05) is 6.54 Å². The number of hydrogen-bond donors (Lipinski definition) is 1. The maximum Gasteiger partial charge on any atom is 0.0408 e. The molecule has 0 aliphatic rings. The molecule has 1 nitrogen and oxygen atoms in total. The standard InChI is InChI=1S/C16H18ClN/c1-16(12-18,11-13-6-3-2-4-7-13)14-8-5-9-15(17)10-14/h2-10H,11-12,18H2,1H3. The molecule has 18 heavy (non-hydrogen) atoms. The average Bonchev–Trinajstić information content (AvgIpc) is 2.40. The van der Waals surface area contributed by atoms with Crippen molar-refractivity contribution in [1.82, 2.24) is 0 Å². The zero-order valence-corrected chi connectivity index (χ0v) is 11.3. The zero-order valence-electron chi connectivity index (χ0n) is 10.6. The van der Waals surface area contributed by atoms with Crippen LogP contribution in [0.1, 0.15) is 18.1 Å². The summed E-state index contributed by atoms with van der Waals surface area (Å²) in [6.07, 6.45) is 0.921. The van der Waals surface area contributed by atoms with Crippen molar-refractivity contribution in [3.8, 4) is 0 Å². The molecule has 0 fully saturated rings. The minimum atomic E-state index is -0.0771. The van der Waals surface area contributed by atoms with E-state index in [0.717, 1.165) is 11.4 Å². The van der Waals surface area contributed by atoms with Gasteiger partial charge in [0, 0.05) is 17.0 Å². The van der Waals surface area contributed by atoms with Crippen LogP contribution in [0.15, 0.2) is 54.6 Å². The van der Waals surface area contributed by atoms with E-state index in [1.807, 2.05) is 24.3 Å². The summed E-state index contributed by atoms with van der Waals surface area (Å²) in [5.41, 5.74) is 8.41. The molecule has 0 amide bonds. The molecule has 2 rings (SSSR count). The largest absolute Gasteiger partial charge is 0.330 e. The Bertz CT molecular complexity index is 510. The lowest BCUT2D eigenvalue weighted by Gasteiger charge is -2.29. The van der Waals surface area contributed by atoms with Crippen LogP contribution in [0.4, 0.5) is 0 Å². The highest BCUT2D eigenvalue weighted by atomic mass is 35.5. The fourth-order valence-corrected chi connectivity index (χ4v) is 2.39. The molecule has 0 bridgehead atoms. The zero-order chi connectivity index (χ0) is 13.0. The van der Waals surface area contributed by atoms with Crippen molar-refractivity contribution in [3.63, 3.8) is 0 Å². The molecule has 94 valence electrons. The number of halogens is 1. The molecule has 2 heteroatoms. The lowest BCUT2D eigenvalue weighted by molar-refractivity contribution is 0.481. The average molecular weight is 260 g/mol. The van der Waals surface area contributed by atoms with Crippen LogP contribution in [-0.2, 0) is 11.8 Å². The van der Waals surface area contributed by atoms with Gasteiger partial charge < -0.3 is 5.73 Å². The fourth-order valence-electron chi connectivity index (χ4n) is 2.20. The minimum absolute atomic E-state index is 0.0771. The van der Waals surface area contributed by atoms with Gasteiger partial charge in [-0.25, -0.2) is 0 Å². The number of rotatable bonds is 4. The number of benzene rings is 2. The van der Waals surface area contributed by atoms with Gasteiger partial charge >= 0.3 is 0 Å². The van der Waals surface area contributed by atoms with Crippen LogP contribution >= 0.6 is 11.6 Å². The molecular weight excluding hydrogens is 242 g/mol. The monoisotopic (exact) mass is 259 g/mol. The van der Waals surface area contributed by atoms with Crippen LogP contribution in [0, 0.1) is 0 Å². The van der Waals surface area contributed by atoms with E-state index >= 15 is 0 Å². The van der Waals surface area contributed by atoms with Gasteiger partial charge in [-0.05, 0) is 29.7 Å². The first-order valence-electron chi connectivity index (χ1n) is 6.14. The van der Waals surface area contributed by atoms with Crippen LogP contribution in [0.3, 0.4) is 0 Å². The van der Waals surface area contributed by atoms with Gasteiger partial charge in [-0.15, -0.1) is 0 Å². The summed E-state index contributed by atoms with van der Waals surface area (Å²) in [7, 11) is 0. The Morgan fingerprint density at radius 1 is 1.06 bits per heavy atom. The van der Waals surface area contributed by atoms with E-state index in [1.54, 1.807) is 0 Å². The Hall–Kier alpha value is -1.31. The van der Waals surface area contributed by atoms with Crippen LogP contribution < -0.4 is 5.73 Å². The Morgan fingerprint density at radius 2 is 1.78 bits per heavy atom. The van der Waals surface area contributed by atoms with Gasteiger partial charge in [0.25, 0.3) is 0 Å². The molecule has 0 heterocycles. The van der Waals surface area contributed by atoms with Crippen molar-refractivity contribution in [3.05, 3.63) is 70.7 Å². The molecule has 0 saturated carbocycles. The normalized spacial score (nSPS) is 14.2. The summed E-state index contributed by atoms with van der Waals surface area (Å²) >= 11 is 6.07. The fraction of sp³-hybridized carbons (Fsp3) is 0.250. The van der Waals surface area contributed by atoms with Crippen LogP contribution in [-0.4, -0.2) is 6.54 Å². The smallest absolute Gasteiger partial charge is 0.0408 e. The first kappa shape index (κ1) is 13.1. The summed E-state index contributed by atoms with van der Waals surface area (Å²) < 4.78 is 0. The SMILES string of the molecule is CC(CN)(Cc1ccccc1)c1cccc(Cl)c1. The molecule has 2 aromatic rings. The second-order valence-corrected chi connectivity index (χ2v) is 5.37. The van der Waals surface area contributed by atoms with Crippen molar-refractivity contribution < 1.29 is 0 Å². The first-order valence-corrected chi connectivity index (χ1v) is 6.52. The molecule has 0 aromatic heterocycles. The van der Waals surface area contributed by atoms with Gasteiger partial charge in [0.05, 0.1) is 0 Å². The summed E-state index contributed by atoms with van der Waals surface area (Å²) in [4.78, 5) is 0. The first-order chi connectivity index (χ1) is 8.64. The van der Waals surface area contributed by atoms with Crippen LogP contribution in [0.5, 0.6) is 0 Å². The van der Waals surface area contributed by atoms with Crippen molar-refractivity contribution >= 4 is 11.6 Å². The van der Waals surface area contributed by atoms with Gasteiger partial charge in [0.15, 0.2) is 0 Å². The second-order valence-electron chi connectivity index (χ2n) is 4.94. The molecule has 1 atom stereocenters. The number of nitrogens with two attached hydrogens (primary N) is 1. The van der Waals surface area contributed by atoms with Crippen LogP contribution in [0.2, 0.25) is 5.02 Å². The van der Waals surface area contributed by atoms with Gasteiger partial charge in [-0.1, -0.05) is 61.0 Å². The van der Waals surface area contributed by atoms with Gasteiger partial charge in [0.2, 0.25) is 0 Å². The molecule has 0 saturated heterocycles. The highest BCUT2D eigenvalue weighted by Crippen LogP contribution is 2.28. The molecular formula is C16H18ClN. The lowest BCUT2D eigenvalue weighted by Crippen LogP contribution is -2.34. The molecule has 0 spiro atoms. The highest BCUT2D eigenvalue weighted by molar-refractivity contribution is 6.30. The lowest BCUT2D eigenvalue weighted by atomic mass is 9.77. The van der Waals surface area contributed by atoms with E-state index in [2.05, 4.69) is 37.3 Å². The quantitative estimate of drug-likeness (QED) is 0.888. The predicted octanol–water partition coefficient (Wildman–Crippen LogP) is 3.80. The van der Waals surface area contributed by atoms with E-state index < -0.39 is 0 Å². The summed E-state index contributed by atoms with van der Waals surface area (Å²) in [5.74, 6) is 0. The topological polar surface area (TPSA) is 26.0 Å². The molecule has 2 N–H and O–H groups in total. The van der Waals surface area contributed by atoms with E-state index in [0.29, 0.717) is 6.54 Å².